The van der Waals surface area contributed by atoms with Crippen LogP contribution in [0, 0.1) is 0 Å². The molecule has 1 aromatic rings. The quantitative estimate of drug-likeness (QED) is 0.329. The summed E-state index contributed by atoms with van der Waals surface area (Å²) in [6.07, 6.45) is 3.44. The smallest absolute Gasteiger partial charge is 0.251 e. The number of guanidine groups is 1. The fraction of sp³-hybridized carbons (Fsp3) is 0.600. The van der Waals surface area contributed by atoms with Crippen molar-refractivity contribution in [1.29, 1.82) is 0 Å². The van der Waals surface area contributed by atoms with Crippen LogP contribution in [-0.4, -0.2) is 57.9 Å². The van der Waals surface area contributed by atoms with Gasteiger partial charge in [-0.2, -0.15) is 0 Å². The molecule has 1 saturated heterocycles. The largest absolute Gasteiger partial charge is 0.379 e. The van der Waals surface area contributed by atoms with Gasteiger partial charge in [-0.1, -0.05) is 12.1 Å². The van der Waals surface area contributed by atoms with Gasteiger partial charge in [-0.3, -0.25) is 4.79 Å². The Hall–Kier alpha value is -2.12. The number of carbonyl (C=O) groups is 1. The maximum absolute atomic E-state index is 11.7. The van der Waals surface area contributed by atoms with Gasteiger partial charge in [0, 0.05) is 38.9 Å². The first-order valence-electron chi connectivity index (χ1n) is 9.75. The maximum Gasteiger partial charge on any atom is 0.251 e. The number of aliphatic imine (C=N–C) groups is 1. The fourth-order valence-electron chi connectivity index (χ4n) is 2.84. The lowest BCUT2D eigenvalue weighted by molar-refractivity contribution is 0.0168. The van der Waals surface area contributed by atoms with E-state index in [1.807, 2.05) is 25.1 Å². The molecule has 0 aliphatic carbocycles. The zero-order chi connectivity index (χ0) is 19.3. The van der Waals surface area contributed by atoms with E-state index in [0.717, 1.165) is 50.5 Å². The lowest BCUT2D eigenvalue weighted by atomic mass is 10.1. The molecule has 1 heterocycles. The van der Waals surface area contributed by atoms with Crippen LogP contribution in [0.15, 0.2) is 29.3 Å². The highest BCUT2D eigenvalue weighted by atomic mass is 16.5. The van der Waals surface area contributed by atoms with E-state index in [1.165, 1.54) is 0 Å². The second-order valence-corrected chi connectivity index (χ2v) is 6.46. The Labute approximate surface area is 161 Å². The zero-order valence-electron chi connectivity index (χ0n) is 16.4. The molecule has 7 heteroatoms. The molecule has 1 aromatic carbocycles. The van der Waals surface area contributed by atoms with Gasteiger partial charge in [0.15, 0.2) is 5.96 Å². The molecule has 0 radical (unpaired) electrons. The molecule has 1 atom stereocenters. The van der Waals surface area contributed by atoms with Gasteiger partial charge in [-0.25, -0.2) is 4.99 Å². The van der Waals surface area contributed by atoms with Crippen LogP contribution < -0.4 is 16.0 Å². The van der Waals surface area contributed by atoms with Crippen molar-refractivity contribution in [1.82, 2.24) is 16.0 Å². The molecule has 2 rings (SSSR count). The summed E-state index contributed by atoms with van der Waals surface area (Å²) in [5.41, 5.74) is 1.64. The summed E-state index contributed by atoms with van der Waals surface area (Å²) in [6, 6.07) is 7.51. The summed E-state index contributed by atoms with van der Waals surface area (Å²) in [6.45, 7) is 6.39. The van der Waals surface area contributed by atoms with E-state index in [2.05, 4.69) is 20.9 Å². The second kappa shape index (κ2) is 12.3. The number of nitrogens with zero attached hydrogens (tertiary/aromatic N) is 1. The Bertz CT molecular complexity index is 601. The first kappa shape index (κ1) is 21.2. The predicted molar refractivity (Wildman–Crippen MR) is 107 cm³/mol. The highest BCUT2D eigenvalue weighted by Gasteiger charge is 2.14. The van der Waals surface area contributed by atoms with Crippen LogP contribution in [0.25, 0.3) is 0 Å². The molecule has 1 fully saturated rings. The lowest BCUT2D eigenvalue weighted by Gasteiger charge is -2.13. The monoisotopic (exact) mass is 376 g/mol. The molecule has 7 nitrogen and oxygen atoms in total. The summed E-state index contributed by atoms with van der Waals surface area (Å²) in [4.78, 5) is 16.3. The molecular weight excluding hydrogens is 344 g/mol. The van der Waals surface area contributed by atoms with Gasteiger partial charge in [-0.05, 0) is 43.9 Å². The molecule has 1 aliphatic rings. The van der Waals surface area contributed by atoms with Crippen molar-refractivity contribution in [3.63, 3.8) is 0 Å². The van der Waals surface area contributed by atoms with Gasteiger partial charge < -0.3 is 25.4 Å². The Morgan fingerprint density at radius 3 is 3.00 bits per heavy atom. The van der Waals surface area contributed by atoms with Crippen LogP contribution in [-0.2, 0) is 16.0 Å². The maximum atomic E-state index is 11.7. The van der Waals surface area contributed by atoms with E-state index >= 15 is 0 Å². The summed E-state index contributed by atoms with van der Waals surface area (Å²) >= 11 is 0. The van der Waals surface area contributed by atoms with E-state index in [0.29, 0.717) is 25.3 Å². The third-order valence-electron chi connectivity index (χ3n) is 4.27. The molecule has 0 saturated carbocycles. The van der Waals surface area contributed by atoms with Crippen LogP contribution in [0.4, 0.5) is 0 Å². The van der Waals surface area contributed by atoms with E-state index < -0.39 is 0 Å². The number of amides is 1. The highest BCUT2D eigenvalue weighted by molar-refractivity contribution is 5.94. The molecule has 1 aliphatic heterocycles. The average molecular weight is 377 g/mol. The minimum atomic E-state index is -0.0890. The number of nitrogens with one attached hydrogen (secondary N) is 3. The third kappa shape index (κ3) is 7.97. The van der Waals surface area contributed by atoms with Crippen molar-refractivity contribution in [2.75, 3.05) is 40.0 Å². The summed E-state index contributed by atoms with van der Waals surface area (Å²) in [5.74, 6) is 0.677. The number of benzene rings is 1. The molecule has 150 valence electrons. The number of hydrogen-bond donors (Lipinski definition) is 3. The van der Waals surface area contributed by atoms with Gasteiger partial charge in [-0.15, -0.1) is 0 Å². The van der Waals surface area contributed by atoms with Crippen molar-refractivity contribution in [3.05, 3.63) is 35.4 Å². The molecule has 0 bridgehead atoms. The Morgan fingerprint density at radius 1 is 1.37 bits per heavy atom. The van der Waals surface area contributed by atoms with Crippen molar-refractivity contribution in [3.8, 4) is 0 Å². The molecule has 0 spiro atoms. The Morgan fingerprint density at radius 2 is 2.26 bits per heavy atom. The molecule has 3 N–H and O–H groups in total. The van der Waals surface area contributed by atoms with E-state index in [9.17, 15) is 4.79 Å². The topological polar surface area (TPSA) is 84.0 Å². The van der Waals surface area contributed by atoms with Gasteiger partial charge >= 0.3 is 0 Å². The SMILES string of the molecule is CCNC(=NCc1cccc(C(=O)NC)c1)NCCCOCC1CCCO1. The minimum Gasteiger partial charge on any atom is -0.379 e. The summed E-state index contributed by atoms with van der Waals surface area (Å²) < 4.78 is 11.2. The van der Waals surface area contributed by atoms with Crippen molar-refractivity contribution >= 4 is 11.9 Å². The van der Waals surface area contributed by atoms with Gasteiger partial charge in [0.2, 0.25) is 0 Å². The normalized spacial score (nSPS) is 17.0. The standard InChI is InChI=1S/C20H32N4O3/c1-3-22-20(23-10-6-11-26-15-18-9-5-12-27-18)24-14-16-7-4-8-17(13-16)19(25)21-2/h4,7-8,13,18H,3,5-6,9-12,14-15H2,1-2H3,(H,21,25)(H2,22,23,24). The first-order valence-corrected chi connectivity index (χ1v) is 9.75. The van der Waals surface area contributed by atoms with E-state index in [4.69, 9.17) is 9.47 Å². The summed E-state index contributed by atoms with van der Waals surface area (Å²) in [5, 5.41) is 9.19. The molecule has 1 unspecified atom stereocenters. The molecular formula is C20H32N4O3. The van der Waals surface area contributed by atoms with E-state index in [1.54, 1.807) is 13.1 Å². The number of carbonyl (C=O) groups excluding carboxylic acids is 1. The van der Waals surface area contributed by atoms with Crippen LogP contribution in [0.2, 0.25) is 0 Å². The zero-order valence-corrected chi connectivity index (χ0v) is 16.4. The Balaban J connectivity index is 1.72. The van der Waals surface area contributed by atoms with Crippen LogP contribution >= 0.6 is 0 Å². The van der Waals surface area contributed by atoms with Gasteiger partial charge in [0.25, 0.3) is 5.91 Å². The molecule has 27 heavy (non-hydrogen) atoms. The van der Waals surface area contributed by atoms with E-state index in [-0.39, 0.29) is 12.0 Å². The van der Waals surface area contributed by atoms with Crippen LogP contribution in [0.5, 0.6) is 0 Å². The lowest BCUT2D eigenvalue weighted by Crippen LogP contribution is -2.38. The third-order valence-corrected chi connectivity index (χ3v) is 4.27. The average Bonchev–Trinajstić information content (AvgIpc) is 3.21. The number of rotatable bonds is 10. The minimum absolute atomic E-state index is 0.0890. The first-order chi connectivity index (χ1) is 13.2. The van der Waals surface area contributed by atoms with Crippen molar-refractivity contribution in [2.45, 2.75) is 38.8 Å². The molecule has 1 amide bonds. The second-order valence-electron chi connectivity index (χ2n) is 6.46. The fourth-order valence-corrected chi connectivity index (χ4v) is 2.84. The van der Waals surface area contributed by atoms with Gasteiger partial charge in [0.05, 0.1) is 19.3 Å². The van der Waals surface area contributed by atoms with Crippen LogP contribution in [0.3, 0.4) is 0 Å². The van der Waals surface area contributed by atoms with Crippen molar-refractivity contribution in [2.24, 2.45) is 4.99 Å². The number of ether oxygens (including phenoxy) is 2. The molecule has 0 aromatic heterocycles. The highest BCUT2D eigenvalue weighted by Crippen LogP contribution is 2.11. The predicted octanol–water partition coefficient (Wildman–Crippen LogP) is 1.69. The summed E-state index contributed by atoms with van der Waals surface area (Å²) in [7, 11) is 1.63. The van der Waals surface area contributed by atoms with Crippen LogP contribution in [0.1, 0.15) is 42.1 Å². The van der Waals surface area contributed by atoms with Gasteiger partial charge in [0.1, 0.15) is 0 Å². The Kier molecular flexibility index (Phi) is 9.65. The van der Waals surface area contributed by atoms with Crippen molar-refractivity contribution < 1.29 is 14.3 Å². The number of hydrogen-bond acceptors (Lipinski definition) is 4.